The van der Waals surface area contributed by atoms with Crippen molar-refractivity contribution in [3.63, 3.8) is 0 Å². The molecule has 1 aliphatic rings. The highest BCUT2D eigenvalue weighted by atomic mass is 79.9. The topological polar surface area (TPSA) is 80.3 Å². The Labute approximate surface area is 225 Å². The second kappa shape index (κ2) is 10.4. The van der Waals surface area contributed by atoms with Crippen LogP contribution in [0.3, 0.4) is 0 Å². The SMILES string of the molecule is C[C@@]1(Oc2cc(NS(=O)(=O)c3cnc(Sc4cc(Cl)cc(Cl)c4)c(Br)c3)ccc2Cl)CCNC1. The van der Waals surface area contributed by atoms with Gasteiger partial charge in [0.1, 0.15) is 21.3 Å². The molecule has 2 aromatic carbocycles. The minimum atomic E-state index is -3.92. The third-order valence-electron chi connectivity index (χ3n) is 5.01. The van der Waals surface area contributed by atoms with E-state index < -0.39 is 15.6 Å². The number of benzene rings is 2. The molecule has 1 fully saturated rings. The maximum Gasteiger partial charge on any atom is 0.263 e. The fraction of sp³-hybridized carbons (Fsp3) is 0.227. The van der Waals surface area contributed by atoms with Gasteiger partial charge in [0.05, 0.1) is 15.2 Å². The predicted molar refractivity (Wildman–Crippen MR) is 141 cm³/mol. The van der Waals surface area contributed by atoms with Gasteiger partial charge < -0.3 is 10.1 Å². The van der Waals surface area contributed by atoms with Crippen molar-refractivity contribution in [3.8, 4) is 5.75 Å². The van der Waals surface area contributed by atoms with Gasteiger partial charge in [0, 0.05) is 40.2 Å². The molecule has 2 N–H and O–H groups in total. The van der Waals surface area contributed by atoms with E-state index in [0.717, 1.165) is 17.9 Å². The van der Waals surface area contributed by atoms with Gasteiger partial charge in [0.15, 0.2) is 0 Å². The lowest BCUT2D eigenvalue weighted by molar-refractivity contribution is 0.111. The fourth-order valence-corrected chi connectivity index (χ4v) is 6.77. The third-order valence-corrected chi connectivity index (χ3v) is 8.97. The Morgan fingerprint density at radius 2 is 1.88 bits per heavy atom. The summed E-state index contributed by atoms with van der Waals surface area (Å²) in [4.78, 5) is 5.08. The molecule has 0 aliphatic carbocycles. The van der Waals surface area contributed by atoms with Gasteiger partial charge in [0.25, 0.3) is 10.0 Å². The van der Waals surface area contributed by atoms with Crippen LogP contribution in [0.15, 0.2) is 68.0 Å². The average Bonchev–Trinajstić information content (AvgIpc) is 3.17. The zero-order valence-corrected chi connectivity index (χ0v) is 23.2. The van der Waals surface area contributed by atoms with Crippen LogP contribution in [0.25, 0.3) is 0 Å². The van der Waals surface area contributed by atoms with Crippen LogP contribution in [0.1, 0.15) is 13.3 Å². The highest BCUT2D eigenvalue weighted by Crippen LogP contribution is 2.36. The summed E-state index contributed by atoms with van der Waals surface area (Å²) < 4.78 is 35.2. The van der Waals surface area contributed by atoms with Crippen molar-refractivity contribution in [2.75, 3.05) is 17.8 Å². The van der Waals surface area contributed by atoms with Crippen LogP contribution in [-0.4, -0.2) is 32.1 Å². The maximum atomic E-state index is 13.0. The normalized spacial score (nSPS) is 18.1. The molecule has 34 heavy (non-hydrogen) atoms. The van der Waals surface area contributed by atoms with E-state index in [1.165, 1.54) is 24.0 Å². The summed E-state index contributed by atoms with van der Waals surface area (Å²) in [6.07, 6.45) is 2.12. The summed E-state index contributed by atoms with van der Waals surface area (Å²) in [5, 5.41) is 5.22. The van der Waals surface area contributed by atoms with Gasteiger partial charge in [-0.3, -0.25) is 4.72 Å². The summed E-state index contributed by atoms with van der Waals surface area (Å²) in [7, 11) is -3.92. The van der Waals surface area contributed by atoms with E-state index in [2.05, 4.69) is 31.0 Å². The molecule has 0 unspecified atom stereocenters. The molecule has 6 nitrogen and oxygen atoms in total. The zero-order chi connectivity index (χ0) is 24.5. The summed E-state index contributed by atoms with van der Waals surface area (Å²) in [6, 6.07) is 11.4. The first kappa shape index (κ1) is 25.9. The molecule has 0 bridgehead atoms. The number of sulfonamides is 1. The van der Waals surface area contributed by atoms with Gasteiger partial charge in [-0.05, 0) is 65.8 Å². The Bertz CT molecular complexity index is 1320. The monoisotopic (exact) mass is 621 g/mol. The van der Waals surface area contributed by atoms with E-state index in [1.54, 1.807) is 36.4 Å². The van der Waals surface area contributed by atoms with Gasteiger partial charge in [-0.1, -0.05) is 46.6 Å². The molecule has 180 valence electrons. The van der Waals surface area contributed by atoms with Gasteiger partial charge in [-0.2, -0.15) is 0 Å². The predicted octanol–water partition coefficient (Wildman–Crippen LogP) is 6.89. The quantitative estimate of drug-likeness (QED) is 0.299. The van der Waals surface area contributed by atoms with E-state index in [9.17, 15) is 8.42 Å². The number of halogens is 4. The Hall–Kier alpha value is -1.20. The number of hydrogen-bond donors (Lipinski definition) is 2. The molecule has 1 saturated heterocycles. The van der Waals surface area contributed by atoms with Crippen molar-refractivity contribution in [1.29, 1.82) is 0 Å². The molecule has 12 heteroatoms. The molecular formula is C22H19BrCl3N3O3S2. The standard InChI is InChI=1S/C22H19BrCl3N3O3S2/c1-22(4-5-27-12-22)32-20-9-15(2-3-19(20)26)29-34(30,31)17-10-18(23)21(28-11-17)33-16-7-13(24)6-14(25)8-16/h2-3,6-11,27,29H,4-5,12H2,1H3/t22-/m1/s1. The van der Waals surface area contributed by atoms with Gasteiger partial charge in [-0.15, -0.1) is 0 Å². The smallest absolute Gasteiger partial charge is 0.263 e. The van der Waals surface area contributed by atoms with E-state index in [4.69, 9.17) is 39.5 Å². The van der Waals surface area contributed by atoms with Crippen molar-refractivity contribution in [1.82, 2.24) is 10.3 Å². The first-order chi connectivity index (χ1) is 16.0. The number of hydrogen-bond acceptors (Lipinski definition) is 6. The number of aromatic nitrogens is 1. The summed E-state index contributed by atoms with van der Waals surface area (Å²) in [5.74, 6) is 0.416. The maximum absolute atomic E-state index is 13.0. The van der Waals surface area contributed by atoms with Crippen molar-refractivity contribution < 1.29 is 13.2 Å². The number of ether oxygens (including phenoxy) is 1. The highest BCUT2D eigenvalue weighted by Gasteiger charge is 2.31. The van der Waals surface area contributed by atoms with Crippen molar-refractivity contribution in [2.45, 2.75) is 33.8 Å². The van der Waals surface area contributed by atoms with E-state index >= 15 is 0 Å². The van der Waals surface area contributed by atoms with Crippen molar-refractivity contribution >= 4 is 78.2 Å². The van der Waals surface area contributed by atoms with Gasteiger partial charge in [0.2, 0.25) is 0 Å². The average molecular weight is 624 g/mol. The van der Waals surface area contributed by atoms with Crippen molar-refractivity contribution in [3.05, 3.63) is 68.2 Å². The van der Waals surface area contributed by atoms with Gasteiger partial charge >= 0.3 is 0 Å². The summed E-state index contributed by atoms with van der Waals surface area (Å²) in [6.45, 7) is 3.52. The Balaban J connectivity index is 1.53. The molecule has 3 aromatic rings. The lowest BCUT2D eigenvalue weighted by Gasteiger charge is -2.25. The highest BCUT2D eigenvalue weighted by molar-refractivity contribution is 9.10. The van der Waals surface area contributed by atoms with Crippen LogP contribution in [0.5, 0.6) is 5.75 Å². The van der Waals surface area contributed by atoms with E-state index in [1.807, 2.05) is 6.92 Å². The van der Waals surface area contributed by atoms with Crippen LogP contribution in [-0.2, 0) is 10.0 Å². The number of rotatable bonds is 7. The Kier molecular flexibility index (Phi) is 7.93. The first-order valence-electron chi connectivity index (χ1n) is 10.0. The van der Waals surface area contributed by atoms with Gasteiger partial charge in [-0.25, -0.2) is 13.4 Å². The van der Waals surface area contributed by atoms with E-state index in [-0.39, 0.29) is 4.90 Å². The molecule has 1 aromatic heterocycles. The summed E-state index contributed by atoms with van der Waals surface area (Å²) in [5.41, 5.74) is -0.0755. The zero-order valence-electron chi connectivity index (χ0n) is 17.7. The van der Waals surface area contributed by atoms with Crippen LogP contribution >= 0.6 is 62.5 Å². The molecule has 2 heterocycles. The second-order valence-corrected chi connectivity index (χ2v) is 12.8. The first-order valence-corrected chi connectivity index (χ1v) is 14.3. The van der Waals surface area contributed by atoms with Crippen LogP contribution in [0.4, 0.5) is 5.69 Å². The molecule has 1 atom stereocenters. The number of nitrogens with zero attached hydrogens (tertiary/aromatic N) is 1. The number of anilines is 1. The van der Waals surface area contributed by atoms with Crippen LogP contribution in [0, 0.1) is 0 Å². The molecule has 4 rings (SSSR count). The Morgan fingerprint density at radius 3 is 2.53 bits per heavy atom. The molecule has 1 aliphatic heterocycles. The molecule has 0 amide bonds. The lowest BCUT2D eigenvalue weighted by atomic mass is 10.1. The molecular weight excluding hydrogens is 605 g/mol. The molecule has 0 radical (unpaired) electrons. The Morgan fingerprint density at radius 1 is 1.15 bits per heavy atom. The number of nitrogens with one attached hydrogen (secondary N) is 2. The lowest BCUT2D eigenvalue weighted by Crippen LogP contribution is -2.34. The third kappa shape index (κ3) is 6.32. The summed E-state index contributed by atoms with van der Waals surface area (Å²) >= 11 is 23.1. The van der Waals surface area contributed by atoms with Crippen LogP contribution in [0.2, 0.25) is 15.1 Å². The van der Waals surface area contributed by atoms with Crippen molar-refractivity contribution in [2.24, 2.45) is 0 Å². The minimum absolute atomic E-state index is 0.00257. The van der Waals surface area contributed by atoms with E-state index in [0.29, 0.717) is 42.5 Å². The number of pyridine rings is 1. The largest absolute Gasteiger partial charge is 0.485 e. The van der Waals surface area contributed by atoms with Crippen LogP contribution < -0.4 is 14.8 Å². The molecule has 0 saturated carbocycles. The fourth-order valence-electron chi connectivity index (χ4n) is 3.33. The second-order valence-electron chi connectivity index (χ2n) is 7.89. The molecule has 0 spiro atoms. The minimum Gasteiger partial charge on any atom is -0.485 e.